The predicted octanol–water partition coefficient (Wildman–Crippen LogP) is 3.32. The number of thiophene rings is 1. The molecule has 0 radical (unpaired) electrons. The molecule has 110 valence electrons. The molecule has 5 heteroatoms. The highest BCUT2D eigenvalue weighted by atomic mass is 32.1. The molecule has 1 aromatic rings. The molecule has 1 N–H and O–H groups in total. The van der Waals surface area contributed by atoms with Crippen LogP contribution in [0.2, 0.25) is 0 Å². The van der Waals surface area contributed by atoms with Gasteiger partial charge in [-0.15, -0.1) is 11.3 Å². The fourth-order valence-corrected chi connectivity index (χ4v) is 3.24. The minimum Gasteiger partial charge on any atom is -0.478 e. The zero-order valence-electron chi connectivity index (χ0n) is 11.7. The van der Waals surface area contributed by atoms with Crippen LogP contribution in [0.4, 0.5) is 0 Å². The minimum atomic E-state index is -0.935. The van der Waals surface area contributed by atoms with Crippen LogP contribution in [-0.4, -0.2) is 29.4 Å². The summed E-state index contributed by atoms with van der Waals surface area (Å²) in [5.74, 6) is -0.935. The molecule has 4 nitrogen and oxygen atoms in total. The highest BCUT2D eigenvalue weighted by molar-refractivity contribution is 7.10. The molecule has 1 saturated heterocycles. The molecule has 0 bridgehead atoms. The van der Waals surface area contributed by atoms with Gasteiger partial charge < -0.3 is 14.6 Å². The molecule has 20 heavy (non-hydrogen) atoms. The Hall–Kier alpha value is -1.17. The summed E-state index contributed by atoms with van der Waals surface area (Å²) < 4.78 is 11.7. The van der Waals surface area contributed by atoms with Crippen LogP contribution in [0, 0.1) is 0 Å². The van der Waals surface area contributed by atoms with E-state index in [-0.39, 0.29) is 18.3 Å². The van der Waals surface area contributed by atoms with Gasteiger partial charge in [-0.1, -0.05) is 0 Å². The number of rotatable bonds is 5. The van der Waals surface area contributed by atoms with Crippen LogP contribution >= 0.6 is 11.3 Å². The fraction of sp³-hybridized carbons (Fsp3) is 0.533. The lowest BCUT2D eigenvalue weighted by Crippen LogP contribution is -2.33. The first kappa shape index (κ1) is 15.2. The molecule has 0 amide bonds. The molecule has 0 spiro atoms. The van der Waals surface area contributed by atoms with Crippen molar-refractivity contribution in [1.29, 1.82) is 0 Å². The Morgan fingerprint density at radius 3 is 2.85 bits per heavy atom. The zero-order chi connectivity index (χ0) is 14.5. The molecule has 0 aromatic carbocycles. The Morgan fingerprint density at radius 1 is 1.50 bits per heavy atom. The topological polar surface area (TPSA) is 55.8 Å². The molecular weight excluding hydrogens is 276 g/mol. The normalized spacial score (nSPS) is 27.0. The smallest absolute Gasteiger partial charge is 0.328 e. The minimum absolute atomic E-state index is 0.215. The Bertz CT molecular complexity index is 470. The molecule has 0 aliphatic carbocycles. The lowest BCUT2D eigenvalue weighted by Gasteiger charge is -2.31. The highest BCUT2D eigenvalue weighted by Gasteiger charge is 2.25. The fourth-order valence-electron chi connectivity index (χ4n) is 2.45. The summed E-state index contributed by atoms with van der Waals surface area (Å²) in [5.41, 5.74) is 0.922. The largest absolute Gasteiger partial charge is 0.478 e. The quantitative estimate of drug-likeness (QED) is 0.847. The Balaban J connectivity index is 1.91. The van der Waals surface area contributed by atoms with Gasteiger partial charge in [-0.2, -0.15) is 0 Å². The van der Waals surface area contributed by atoms with Crippen molar-refractivity contribution in [2.45, 2.75) is 51.6 Å². The third-order valence-electron chi connectivity index (χ3n) is 3.29. The summed E-state index contributed by atoms with van der Waals surface area (Å²) in [7, 11) is 0. The van der Waals surface area contributed by atoms with Gasteiger partial charge in [0.05, 0.1) is 24.9 Å². The van der Waals surface area contributed by atoms with Crippen LogP contribution in [0.15, 0.2) is 17.5 Å². The third kappa shape index (κ3) is 4.44. The van der Waals surface area contributed by atoms with Crippen molar-refractivity contribution < 1.29 is 19.4 Å². The van der Waals surface area contributed by atoms with Crippen LogP contribution < -0.4 is 0 Å². The van der Waals surface area contributed by atoms with Gasteiger partial charge in [-0.3, -0.25) is 0 Å². The molecule has 1 aromatic heterocycles. The number of carbonyl (C=O) groups is 1. The summed E-state index contributed by atoms with van der Waals surface area (Å²) in [6, 6.07) is 1.91. The molecule has 1 aliphatic heterocycles. The molecule has 1 fully saturated rings. The number of carboxylic acids is 1. The van der Waals surface area contributed by atoms with Crippen molar-refractivity contribution in [3.63, 3.8) is 0 Å². The molecule has 2 unspecified atom stereocenters. The van der Waals surface area contributed by atoms with E-state index in [0.29, 0.717) is 6.61 Å². The van der Waals surface area contributed by atoms with E-state index < -0.39 is 5.97 Å². The van der Waals surface area contributed by atoms with Gasteiger partial charge in [0, 0.05) is 11.0 Å². The monoisotopic (exact) mass is 296 g/mol. The number of aliphatic carboxylic acids is 1. The summed E-state index contributed by atoms with van der Waals surface area (Å²) in [4.78, 5) is 11.6. The van der Waals surface area contributed by atoms with Gasteiger partial charge in [-0.05, 0) is 49.8 Å². The van der Waals surface area contributed by atoms with E-state index >= 15 is 0 Å². The summed E-state index contributed by atoms with van der Waals surface area (Å²) in [6.07, 6.45) is 5.28. The summed E-state index contributed by atoms with van der Waals surface area (Å²) >= 11 is 1.59. The van der Waals surface area contributed by atoms with E-state index in [2.05, 4.69) is 13.8 Å². The van der Waals surface area contributed by atoms with Gasteiger partial charge in [0.15, 0.2) is 0 Å². The van der Waals surface area contributed by atoms with E-state index in [1.54, 1.807) is 17.4 Å². The van der Waals surface area contributed by atoms with Gasteiger partial charge in [-0.25, -0.2) is 4.79 Å². The van der Waals surface area contributed by atoms with E-state index in [4.69, 9.17) is 14.6 Å². The maximum absolute atomic E-state index is 10.6. The molecular formula is C15H20O4S. The molecule has 1 aliphatic rings. The lowest BCUT2D eigenvalue weighted by atomic mass is 10.0. The van der Waals surface area contributed by atoms with Crippen molar-refractivity contribution in [2.75, 3.05) is 0 Å². The highest BCUT2D eigenvalue weighted by Crippen LogP contribution is 2.25. The Kier molecular flexibility index (Phi) is 5.34. The first-order valence-corrected chi connectivity index (χ1v) is 7.67. The number of ether oxygens (including phenoxy) is 2. The van der Waals surface area contributed by atoms with Gasteiger partial charge in [0.1, 0.15) is 0 Å². The second-order valence-corrected chi connectivity index (χ2v) is 6.13. The van der Waals surface area contributed by atoms with Crippen LogP contribution in [0.25, 0.3) is 6.08 Å². The van der Waals surface area contributed by atoms with Crippen molar-refractivity contribution >= 4 is 23.4 Å². The van der Waals surface area contributed by atoms with Crippen LogP contribution in [0.1, 0.15) is 37.1 Å². The number of hydrogen-bond donors (Lipinski definition) is 1. The number of carboxylic acid groups (broad SMARTS) is 1. The Morgan fingerprint density at radius 2 is 2.20 bits per heavy atom. The molecule has 0 saturated carbocycles. The van der Waals surface area contributed by atoms with Gasteiger partial charge in [0.2, 0.25) is 0 Å². The molecule has 2 heterocycles. The van der Waals surface area contributed by atoms with Crippen molar-refractivity contribution in [3.8, 4) is 0 Å². The van der Waals surface area contributed by atoms with Gasteiger partial charge in [0.25, 0.3) is 0 Å². The van der Waals surface area contributed by atoms with Crippen LogP contribution in [-0.2, 0) is 20.9 Å². The summed E-state index contributed by atoms with van der Waals surface area (Å²) in [6.45, 7) is 4.66. The van der Waals surface area contributed by atoms with E-state index in [9.17, 15) is 4.79 Å². The lowest BCUT2D eigenvalue weighted by molar-refractivity contribution is -0.131. The first-order chi connectivity index (χ1) is 9.54. The molecule has 2 rings (SSSR count). The third-order valence-corrected chi connectivity index (χ3v) is 4.20. The van der Waals surface area contributed by atoms with Crippen molar-refractivity contribution in [3.05, 3.63) is 28.0 Å². The molecule has 2 atom stereocenters. The van der Waals surface area contributed by atoms with E-state index in [1.165, 1.54) is 0 Å². The zero-order valence-corrected chi connectivity index (χ0v) is 12.6. The average Bonchev–Trinajstić information content (AvgIpc) is 2.80. The van der Waals surface area contributed by atoms with Crippen LogP contribution in [0.5, 0.6) is 0 Å². The summed E-state index contributed by atoms with van der Waals surface area (Å²) in [5, 5.41) is 10.6. The second-order valence-electron chi connectivity index (χ2n) is 5.13. The van der Waals surface area contributed by atoms with Crippen molar-refractivity contribution in [1.82, 2.24) is 0 Å². The van der Waals surface area contributed by atoms with Crippen molar-refractivity contribution in [2.24, 2.45) is 0 Å². The maximum atomic E-state index is 10.6. The second kappa shape index (κ2) is 7.02. The maximum Gasteiger partial charge on any atom is 0.328 e. The Labute approximate surface area is 123 Å². The SMILES string of the molecule is CC1CC(OCc2sccc2/C=C/C(=O)O)CC(C)O1. The standard InChI is InChI=1S/C15H20O4S/c1-10-7-13(8-11(2)19-10)18-9-14-12(5-6-20-14)3-4-15(16)17/h3-6,10-11,13H,7-9H2,1-2H3,(H,16,17)/b4-3+. The van der Waals surface area contributed by atoms with Crippen LogP contribution in [0.3, 0.4) is 0 Å². The van der Waals surface area contributed by atoms with E-state index in [0.717, 1.165) is 29.4 Å². The first-order valence-electron chi connectivity index (χ1n) is 6.79. The van der Waals surface area contributed by atoms with Gasteiger partial charge >= 0.3 is 5.97 Å². The number of hydrogen-bond acceptors (Lipinski definition) is 4. The predicted molar refractivity (Wildman–Crippen MR) is 78.8 cm³/mol. The average molecular weight is 296 g/mol. The van der Waals surface area contributed by atoms with E-state index in [1.807, 2.05) is 11.4 Å².